The Labute approximate surface area is 142 Å². The van der Waals surface area contributed by atoms with E-state index >= 15 is 0 Å². The number of ether oxygens (including phenoxy) is 1. The van der Waals surface area contributed by atoms with Gasteiger partial charge < -0.3 is 10.1 Å². The number of thioether (sulfide) groups is 1. The van der Waals surface area contributed by atoms with E-state index in [-0.39, 0.29) is 17.3 Å². The largest absolute Gasteiger partial charge is 0.491 e. The van der Waals surface area contributed by atoms with E-state index in [1.54, 1.807) is 11.8 Å². The predicted molar refractivity (Wildman–Crippen MR) is 95.8 cm³/mol. The molecule has 1 N–H and O–H groups in total. The first-order chi connectivity index (χ1) is 11.0. The van der Waals surface area contributed by atoms with E-state index in [0.29, 0.717) is 6.54 Å². The van der Waals surface area contributed by atoms with Gasteiger partial charge in [-0.15, -0.1) is 11.8 Å². The van der Waals surface area contributed by atoms with E-state index in [2.05, 4.69) is 5.32 Å². The summed E-state index contributed by atoms with van der Waals surface area (Å²) in [6.07, 6.45) is 0.141. The highest BCUT2D eigenvalue weighted by atomic mass is 32.2. The van der Waals surface area contributed by atoms with E-state index < -0.39 is 0 Å². The fourth-order valence-corrected chi connectivity index (χ4v) is 3.00. The molecule has 2 aromatic carbocycles. The highest BCUT2D eigenvalue weighted by Crippen LogP contribution is 2.22. The van der Waals surface area contributed by atoms with Gasteiger partial charge in [-0.1, -0.05) is 30.3 Å². The van der Waals surface area contributed by atoms with Crippen LogP contribution >= 0.6 is 11.8 Å². The van der Waals surface area contributed by atoms with Gasteiger partial charge in [0.25, 0.3) is 0 Å². The molecule has 1 amide bonds. The number of carbonyl (C=O) groups is 1. The molecule has 0 spiro atoms. The van der Waals surface area contributed by atoms with E-state index in [1.807, 2.05) is 75.4 Å². The Kier molecular flexibility index (Phi) is 6.53. The summed E-state index contributed by atoms with van der Waals surface area (Å²) in [5.74, 6) is 0.868. The van der Waals surface area contributed by atoms with Crippen molar-refractivity contribution in [3.63, 3.8) is 0 Å². The molecule has 0 aliphatic carbocycles. The first-order valence-corrected chi connectivity index (χ1v) is 8.67. The van der Waals surface area contributed by atoms with Crippen molar-refractivity contribution in [2.45, 2.75) is 43.6 Å². The smallest absolute Gasteiger partial charge is 0.233 e. The molecule has 3 nitrogen and oxygen atoms in total. The predicted octanol–water partition coefficient (Wildman–Crippen LogP) is 4.27. The van der Waals surface area contributed by atoms with Gasteiger partial charge in [-0.25, -0.2) is 0 Å². The van der Waals surface area contributed by atoms with Crippen LogP contribution in [0.25, 0.3) is 0 Å². The van der Waals surface area contributed by atoms with E-state index in [9.17, 15) is 4.79 Å². The molecule has 1 atom stereocenters. The molecule has 4 heteroatoms. The number of rotatable bonds is 7. The third-order valence-corrected chi connectivity index (χ3v) is 4.27. The molecule has 1 unspecified atom stereocenters. The Morgan fingerprint density at radius 3 is 2.52 bits per heavy atom. The molecule has 0 radical (unpaired) electrons. The first-order valence-electron chi connectivity index (χ1n) is 7.79. The maximum Gasteiger partial charge on any atom is 0.233 e. The minimum absolute atomic E-state index is 0.0361. The molecule has 0 fully saturated rings. The van der Waals surface area contributed by atoms with Gasteiger partial charge in [0.15, 0.2) is 0 Å². The van der Waals surface area contributed by atoms with Crippen LogP contribution in [0.3, 0.4) is 0 Å². The number of benzene rings is 2. The Bertz CT molecular complexity index is 628. The SMILES string of the molecule is CC(C)Oc1cccc(CNC(=O)C(C)Sc2ccccc2)c1. The monoisotopic (exact) mass is 329 g/mol. The van der Waals surface area contributed by atoms with Crippen LogP contribution in [-0.4, -0.2) is 17.3 Å². The molecule has 0 aromatic heterocycles. The van der Waals surface area contributed by atoms with E-state index in [1.165, 1.54) is 0 Å². The van der Waals surface area contributed by atoms with Gasteiger partial charge in [-0.3, -0.25) is 4.79 Å². The second kappa shape index (κ2) is 8.63. The lowest BCUT2D eigenvalue weighted by molar-refractivity contribution is -0.120. The van der Waals surface area contributed by atoms with Gasteiger partial charge in [0, 0.05) is 11.4 Å². The van der Waals surface area contributed by atoms with E-state index in [4.69, 9.17) is 4.74 Å². The second-order valence-electron chi connectivity index (χ2n) is 5.60. The van der Waals surface area contributed by atoms with Crippen molar-refractivity contribution >= 4 is 17.7 Å². The molecule has 0 aliphatic heterocycles. The van der Waals surface area contributed by atoms with Crippen LogP contribution < -0.4 is 10.1 Å². The van der Waals surface area contributed by atoms with E-state index in [0.717, 1.165) is 16.2 Å². The summed E-state index contributed by atoms with van der Waals surface area (Å²) in [5, 5.41) is 2.85. The minimum atomic E-state index is -0.132. The summed E-state index contributed by atoms with van der Waals surface area (Å²) in [6.45, 7) is 6.42. The van der Waals surface area contributed by atoms with Crippen LogP contribution in [0.5, 0.6) is 5.75 Å². The summed E-state index contributed by atoms with van der Waals surface area (Å²) in [4.78, 5) is 13.3. The summed E-state index contributed by atoms with van der Waals surface area (Å²) in [6, 6.07) is 17.8. The van der Waals surface area contributed by atoms with Gasteiger partial charge in [0.05, 0.1) is 11.4 Å². The molecule has 122 valence electrons. The molecule has 0 bridgehead atoms. The maximum absolute atomic E-state index is 12.2. The van der Waals surface area contributed by atoms with Gasteiger partial charge in [-0.2, -0.15) is 0 Å². The zero-order valence-corrected chi connectivity index (χ0v) is 14.6. The van der Waals surface area contributed by atoms with Crippen LogP contribution in [0.15, 0.2) is 59.5 Å². The molecule has 0 aliphatic rings. The van der Waals surface area contributed by atoms with Gasteiger partial charge >= 0.3 is 0 Å². The van der Waals surface area contributed by atoms with Crippen LogP contribution in [0.2, 0.25) is 0 Å². The fourth-order valence-electron chi connectivity index (χ4n) is 2.09. The summed E-state index contributed by atoms with van der Waals surface area (Å²) in [5.41, 5.74) is 1.04. The van der Waals surface area contributed by atoms with Crippen molar-refractivity contribution in [2.75, 3.05) is 0 Å². The number of carbonyl (C=O) groups excluding carboxylic acids is 1. The second-order valence-corrected chi connectivity index (χ2v) is 7.02. The van der Waals surface area contributed by atoms with Crippen molar-refractivity contribution in [3.05, 3.63) is 60.2 Å². The third-order valence-electron chi connectivity index (χ3n) is 3.16. The van der Waals surface area contributed by atoms with Gasteiger partial charge in [0.2, 0.25) is 5.91 Å². The fraction of sp³-hybridized carbons (Fsp3) is 0.316. The number of hydrogen-bond acceptors (Lipinski definition) is 3. The number of hydrogen-bond donors (Lipinski definition) is 1. The molecule has 0 saturated carbocycles. The molecule has 2 rings (SSSR count). The Balaban J connectivity index is 1.86. The lowest BCUT2D eigenvalue weighted by Gasteiger charge is -2.13. The van der Waals surface area contributed by atoms with Crippen molar-refractivity contribution in [1.82, 2.24) is 5.32 Å². The average Bonchev–Trinajstić information content (AvgIpc) is 2.53. The van der Waals surface area contributed by atoms with Crippen LogP contribution in [0.1, 0.15) is 26.3 Å². The molecular weight excluding hydrogens is 306 g/mol. The van der Waals surface area contributed by atoms with Crippen molar-refractivity contribution < 1.29 is 9.53 Å². The standard InChI is InChI=1S/C19H23NO2S/c1-14(2)22-17-9-7-8-16(12-17)13-20-19(21)15(3)23-18-10-5-4-6-11-18/h4-12,14-15H,13H2,1-3H3,(H,20,21). The molecule has 0 saturated heterocycles. The molecule has 2 aromatic rings. The maximum atomic E-state index is 12.2. The van der Waals surface area contributed by atoms with Crippen molar-refractivity contribution in [3.8, 4) is 5.75 Å². The Hall–Kier alpha value is -1.94. The van der Waals surface area contributed by atoms with Crippen LogP contribution in [0.4, 0.5) is 0 Å². The van der Waals surface area contributed by atoms with Crippen molar-refractivity contribution in [1.29, 1.82) is 0 Å². The highest BCUT2D eigenvalue weighted by Gasteiger charge is 2.13. The zero-order chi connectivity index (χ0) is 16.7. The van der Waals surface area contributed by atoms with Crippen LogP contribution in [-0.2, 0) is 11.3 Å². The first kappa shape index (κ1) is 17.4. The zero-order valence-electron chi connectivity index (χ0n) is 13.8. The number of nitrogens with one attached hydrogen (secondary N) is 1. The Morgan fingerprint density at radius 1 is 1.09 bits per heavy atom. The lowest BCUT2D eigenvalue weighted by atomic mass is 10.2. The third kappa shape index (κ3) is 5.99. The van der Waals surface area contributed by atoms with Crippen LogP contribution in [0, 0.1) is 0 Å². The van der Waals surface area contributed by atoms with Gasteiger partial charge in [-0.05, 0) is 50.6 Å². The average molecular weight is 329 g/mol. The molecule has 23 heavy (non-hydrogen) atoms. The summed E-state index contributed by atoms with van der Waals surface area (Å²) in [7, 11) is 0. The van der Waals surface area contributed by atoms with Crippen molar-refractivity contribution in [2.24, 2.45) is 0 Å². The summed E-state index contributed by atoms with van der Waals surface area (Å²) < 4.78 is 5.67. The topological polar surface area (TPSA) is 38.3 Å². The molecule has 0 heterocycles. The normalized spacial score (nSPS) is 12.0. The number of amides is 1. The van der Waals surface area contributed by atoms with Gasteiger partial charge in [0.1, 0.15) is 5.75 Å². The quantitative estimate of drug-likeness (QED) is 0.771. The minimum Gasteiger partial charge on any atom is -0.491 e. The highest BCUT2D eigenvalue weighted by molar-refractivity contribution is 8.00. The Morgan fingerprint density at radius 2 is 1.83 bits per heavy atom. The lowest BCUT2D eigenvalue weighted by Crippen LogP contribution is -2.30. The summed E-state index contributed by atoms with van der Waals surface area (Å²) >= 11 is 1.56. The molecular formula is C19H23NO2S.